The van der Waals surface area contributed by atoms with Crippen LogP contribution in [-0.2, 0) is 0 Å². The topological polar surface area (TPSA) is 38.0 Å². The molecule has 4 unspecified atom stereocenters. The number of thiophene rings is 1. The Morgan fingerprint density at radius 2 is 2.25 bits per heavy atom. The minimum Gasteiger partial charge on any atom is -0.271 e. The van der Waals surface area contributed by atoms with Gasteiger partial charge in [-0.05, 0) is 63.9 Å². The molecule has 3 rings (SSSR count). The monoisotopic (exact) mass is 300 g/mol. The molecule has 0 spiro atoms. The second-order valence-electron chi connectivity index (χ2n) is 5.16. The van der Waals surface area contributed by atoms with Crippen LogP contribution in [0.3, 0.4) is 0 Å². The van der Waals surface area contributed by atoms with Crippen LogP contribution in [0, 0.1) is 17.8 Å². The molecule has 16 heavy (non-hydrogen) atoms. The first kappa shape index (κ1) is 11.2. The number of halogens is 1. The molecule has 2 aliphatic rings. The molecule has 2 nitrogen and oxygen atoms in total. The summed E-state index contributed by atoms with van der Waals surface area (Å²) in [6, 6.07) is 0.343. The summed E-state index contributed by atoms with van der Waals surface area (Å²) in [5, 5.41) is 4.37. The first-order valence-electron chi connectivity index (χ1n) is 5.97. The number of nitrogens with two attached hydrogens (primary N) is 1. The van der Waals surface area contributed by atoms with Gasteiger partial charge in [0.15, 0.2) is 0 Å². The van der Waals surface area contributed by atoms with Crippen molar-refractivity contribution in [2.75, 3.05) is 0 Å². The lowest BCUT2D eigenvalue weighted by Crippen LogP contribution is -2.35. The molecule has 1 aromatic heterocycles. The zero-order chi connectivity index (χ0) is 11.1. The van der Waals surface area contributed by atoms with E-state index in [-0.39, 0.29) is 0 Å². The van der Waals surface area contributed by atoms with Gasteiger partial charge in [-0.2, -0.15) is 11.3 Å². The van der Waals surface area contributed by atoms with E-state index >= 15 is 0 Å². The first-order valence-corrected chi connectivity index (χ1v) is 7.71. The van der Waals surface area contributed by atoms with Gasteiger partial charge in [-0.15, -0.1) is 0 Å². The molecule has 1 heterocycles. The predicted octanol–water partition coefficient (Wildman–Crippen LogP) is 3.45. The largest absolute Gasteiger partial charge is 0.271 e. The molecule has 3 N–H and O–H groups in total. The molecule has 2 aliphatic carbocycles. The van der Waals surface area contributed by atoms with Gasteiger partial charge in [0.1, 0.15) is 0 Å². The first-order chi connectivity index (χ1) is 7.79. The molecule has 0 saturated heterocycles. The van der Waals surface area contributed by atoms with Crippen LogP contribution in [0.4, 0.5) is 0 Å². The van der Waals surface area contributed by atoms with Crippen molar-refractivity contribution in [1.29, 1.82) is 0 Å². The predicted molar refractivity (Wildman–Crippen MR) is 71.0 cm³/mol. The third-order valence-corrected chi connectivity index (χ3v) is 6.13. The van der Waals surface area contributed by atoms with Crippen molar-refractivity contribution < 1.29 is 0 Å². The molecule has 0 aliphatic heterocycles. The molecule has 0 aromatic carbocycles. The van der Waals surface area contributed by atoms with E-state index < -0.39 is 0 Å². The Hall–Kier alpha value is 0.100. The number of hydrazine groups is 1. The van der Waals surface area contributed by atoms with Crippen molar-refractivity contribution in [3.63, 3.8) is 0 Å². The molecule has 0 amide bonds. The normalized spacial score (nSPS) is 34.5. The van der Waals surface area contributed by atoms with Crippen LogP contribution >= 0.6 is 27.3 Å². The molecule has 4 heteroatoms. The molecule has 88 valence electrons. The maximum absolute atomic E-state index is 5.78. The van der Waals surface area contributed by atoms with Gasteiger partial charge >= 0.3 is 0 Å². The van der Waals surface area contributed by atoms with Crippen molar-refractivity contribution in [2.24, 2.45) is 23.6 Å². The van der Waals surface area contributed by atoms with E-state index in [1.807, 2.05) is 0 Å². The van der Waals surface area contributed by atoms with Crippen LogP contribution < -0.4 is 11.3 Å². The van der Waals surface area contributed by atoms with Crippen molar-refractivity contribution in [1.82, 2.24) is 5.43 Å². The highest BCUT2D eigenvalue weighted by Gasteiger charge is 2.43. The van der Waals surface area contributed by atoms with Gasteiger partial charge in [0.2, 0.25) is 0 Å². The second kappa shape index (κ2) is 4.41. The van der Waals surface area contributed by atoms with Gasteiger partial charge in [-0.3, -0.25) is 11.3 Å². The summed E-state index contributed by atoms with van der Waals surface area (Å²) in [5.74, 6) is 8.40. The Kier molecular flexibility index (Phi) is 3.09. The molecule has 2 bridgehead atoms. The van der Waals surface area contributed by atoms with Crippen LogP contribution in [0.15, 0.2) is 15.2 Å². The number of fused-ring (bicyclic) bond motifs is 2. The number of nitrogens with one attached hydrogen (secondary N) is 1. The number of hydrogen-bond donors (Lipinski definition) is 2. The molecule has 0 radical (unpaired) electrons. The van der Waals surface area contributed by atoms with Crippen LogP contribution in [0.1, 0.15) is 37.3 Å². The van der Waals surface area contributed by atoms with Crippen LogP contribution in [0.5, 0.6) is 0 Å². The number of hydrogen-bond acceptors (Lipinski definition) is 3. The fourth-order valence-electron chi connectivity index (χ4n) is 3.66. The molecule has 2 fully saturated rings. The van der Waals surface area contributed by atoms with E-state index in [0.717, 1.165) is 17.8 Å². The van der Waals surface area contributed by atoms with E-state index in [9.17, 15) is 0 Å². The summed E-state index contributed by atoms with van der Waals surface area (Å²) in [5.41, 5.74) is 4.40. The molecular formula is C12H17BrN2S. The SMILES string of the molecule is NNC(c1cscc1Br)C1CC2CCC1C2. The fourth-order valence-corrected chi connectivity index (χ4v) is 5.24. The van der Waals surface area contributed by atoms with E-state index in [1.165, 1.54) is 35.7 Å². The smallest absolute Gasteiger partial charge is 0.0510 e. The third kappa shape index (κ3) is 1.76. The van der Waals surface area contributed by atoms with Gasteiger partial charge < -0.3 is 0 Å². The highest BCUT2D eigenvalue weighted by atomic mass is 79.9. The highest BCUT2D eigenvalue weighted by molar-refractivity contribution is 9.10. The Balaban J connectivity index is 1.84. The van der Waals surface area contributed by atoms with Crippen molar-refractivity contribution >= 4 is 27.3 Å². The summed E-state index contributed by atoms with van der Waals surface area (Å²) in [6.45, 7) is 0. The Bertz CT molecular complexity index is 379. The molecule has 4 atom stereocenters. The van der Waals surface area contributed by atoms with Gasteiger partial charge in [-0.1, -0.05) is 6.42 Å². The standard InChI is InChI=1S/C12H17BrN2S/c13-11-6-16-5-10(11)12(15-14)9-4-7-1-2-8(9)3-7/h5-9,12,15H,1-4,14H2. The molecule has 2 saturated carbocycles. The third-order valence-electron chi connectivity index (χ3n) is 4.38. The average molecular weight is 301 g/mol. The maximum Gasteiger partial charge on any atom is 0.0510 e. The van der Waals surface area contributed by atoms with Crippen LogP contribution in [0.2, 0.25) is 0 Å². The van der Waals surface area contributed by atoms with Crippen molar-refractivity contribution in [2.45, 2.75) is 31.7 Å². The molecule has 1 aromatic rings. The second-order valence-corrected chi connectivity index (χ2v) is 6.76. The van der Waals surface area contributed by atoms with E-state index in [1.54, 1.807) is 11.3 Å². The van der Waals surface area contributed by atoms with Gasteiger partial charge in [0.25, 0.3) is 0 Å². The quantitative estimate of drug-likeness (QED) is 0.663. The zero-order valence-electron chi connectivity index (χ0n) is 9.16. The van der Waals surface area contributed by atoms with Crippen molar-refractivity contribution in [3.8, 4) is 0 Å². The highest BCUT2D eigenvalue weighted by Crippen LogP contribution is 2.53. The van der Waals surface area contributed by atoms with Crippen molar-refractivity contribution in [3.05, 3.63) is 20.8 Å². The lowest BCUT2D eigenvalue weighted by Gasteiger charge is -2.30. The van der Waals surface area contributed by atoms with Gasteiger partial charge in [0, 0.05) is 9.85 Å². The van der Waals surface area contributed by atoms with E-state index in [2.05, 4.69) is 32.1 Å². The summed E-state index contributed by atoms with van der Waals surface area (Å²) in [6.07, 6.45) is 5.66. The Morgan fingerprint density at radius 3 is 2.75 bits per heavy atom. The van der Waals surface area contributed by atoms with E-state index in [0.29, 0.717) is 6.04 Å². The summed E-state index contributed by atoms with van der Waals surface area (Å²) < 4.78 is 1.21. The fraction of sp³-hybridized carbons (Fsp3) is 0.667. The van der Waals surface area contributed by atoms with Gasteiger partial charge in [-0.25, -0.2) is 0 Å². The van der Waals surface area contributed by atoms with Gasteiger partial charge in [0.05, 0.1) is 6.04 Å². The van der Waals surface area contributed by atoms with Crippen LogP contribution in [-0.4, -0.2) is 0 Å². The minimum absolute atomic E-state index is 0.343. The maximum atomic E-state index is 5.78. The summed E-state index contributed by atoms with van der Waals surface area (Å²) in [7, 11) is 0. The van der Waals surface area contributed by atoms with E-state index in [4.69, 9.17) is 5.84 Å². The number of rotatable bonds is 3. The lowest BCUT2D eigenvalue weighted by molar-refractivity contribution is 0.252. The minimum atomic E-state index is 0.343. The zero-order valence-corrected chi connectivity index (χ0v) is 11.6. The summed E-state index contributed by atoms with van der Waals surface area (Å²) in [4.78, 5) is 0. The molecular weight excluding hydrogens is 284 g/mol. The Labute approximate surface area is 109 Å². The average Bonchev–Trinajstić information content (AvgIpc) is 2.97. The summed E-state index contributed by atoms with van der Waals surface area (Å²) >= 11 is 5.37. The Morgan fingerprint density at radius 1 is 1.38 bits per heavy atom. The lowest BCUT2D eigenvalue weighted by atomic mass is 9.81. The van der Waals surface area contributed by atoms with Crippen LogP contribution in [0.25, 0.3) is 0 Å².